The molecule has 2 fully saturated rings. The van der Waals surface area contributed by atoms with Gasteiger partial charge in [-0.1, -0.05) is 13.3 Å². The van der Waals surface area contributed by atoms with Crippen molar-refractivity contribution < 1.29 is 4.74 Å². The fraction of sp³-hybridized carbons (Fsp3) is 1.00. The maximum atomic E-state index is 5.73. The van der Waals surface area contributed by atoms with Gasteiger partial charge in [-0.2, -0.15) is 0 Å². The summed E-state index contributed by atoms with van der Waals surface area (Å²) in [6.07, 6.45) is 8.28. The van der Waals surface area contributed by atoms with Crippen LogP contribution in [-0.4, -0.2) is 19.8 Å². The monoisotopic (exact) mass is 240 g/mol. The molecule has 3 N–H and O–H groups in total. The molecule has 2 aliphatic rings. The normalized spacial score (nSPS) is 35.1. The number of rotatable bonds is 7. The molecule has 2 saturated carbocycles. The van der Waals surface area contributed by atoms with Crippen molar-refractivity contribution in [3.63, 3.8) is 0 Å². The smallest absolute Gasteiger partial charge is 0.0465 e. The quantitative estimate of drug-likeness (QED) is 0.530. The zero-order valence-electron chi connectivity index (χ0n) is 11.3. The molecule has 0 spiro atoms. The summed E-state index contributed by atoms with van der Waals surface area (Å²) in [5, 5.41) is 0. The lowest BCUT2D eigenvalue weighted by Crippen LogP contribution is -2.42. The van der Waals surface area contributed by atoms with E-state index in [1.165, 1.54) is 32.1 Å². The summed E-state index contributed by atoms with van der Waals surface area (Å²) < 4.78 is 5.16. The molecule has 0 amide bonds. The highest BCUT2D eigenvalue weighted by Gasteiger charge is 2.40. The topological polar surface area (TPSA) is 47.3 Å². The van der Waals surface area contributed by atoms with Crippen LogP contribution in [0.15, 0.2) is 0 Å². The van der Waals surface area contributed by atoms with Crippen molar-refractivity contribution in [3.8, 4) is 0 Å². The van der Waals surface area contributed by atoms with Crippen LogP contribution in [-0.2, 0) is 4.74 Å². The van der Waals surface area contributed by atoms with Crippen LogP contribution >= 0.6 is 0 Å². The van der Waals surface area contributed by atoms with Gasteiger partial charge in [0, 0.05) is 19.8 Å². The molecule has 0 aliphatic heterocycles. The Hall–Kier alpha value is -0.120. The summed E-state index contributed by atoms with van der Waals surface area (Å²) in [5.41, 5.74) is 3.04. The lowest BCUT2D eigenvalue weighted by Gasteiger charge is -2.29. The standard InChI is InChI=1S/C14H28N2O/c1-10(5-6-17-2)14(16-15)9-13-8-11-3-4-12(13)7-11/h10-14,16H,3-9,15H2,1-2H3. The van der Waals surface area contributed by atoms with Crippen LogP contribution < -0.4 is 11.3 Å². The summed E-state index contributed by atoms with van der Waals surface area (Å²) in [6, 6.07) is 0.467. The lowest BCUT2D eigenvalue weighted by atomic mass is 9.81. The minimum Gasteiger partial charge on any atom is -0.385 e. The van der Waals surface area contributed by atoms with Crippen molar-refractivity contribution >= 4 is 0 Å². The summed E-state index contributed by atoms with van der Waals surface area (Å²) in [4.78, 5) is 0. The molecule has 2 bridgehead atoms. The third-order valence-electron chi connectivity index (χ3n) is 5.12. The first-order chi connectivity index (χ1) is 8.24. The zero-order valence-corrected chi connectivity index (χ0v) is 11.3. The van der Waals surface area contributed by atoms with Crippen LogP contribution in [0.5, 0.6) is 0 Å². The average molecular weight is 240 g/mol. The number of fused-ring (bicyclic) bond motifs is 2. The van der Waals surface area contributed by atoms with E-state index in [0.717, 1.165) is 30.8 Å². The molecule has 17 heavy (non-hydrogen) atoms. The van der Waals surface area contributed by atoms with Gasteiger partial charge in [-0.05, 0) is 55.8 Å². The number of hydrogen-bond acceptors (Lipinski definition) is 3. The Bertz CT molecular complexity index is 234. The number of nitrogens with two attached hydrogens (primary N) is 1. The van der Waals surface area contributed by atoms with E-state index in [0.29, 0.717) is 12.0 Å². The van der Waals surface area contributed by atoms with Crippen LogP contribution in [0.4, 0.5) is 0 Å². The second-order valence-corrected chi connectivity index (χ2v) is 6.20. The highest BCUT2D eigenvalue weighted by atomic mass is 16.5. The van der Waals surface area contributed by atoms with Gasteiger partial charge in [0.15, 0.2) is 0 Å². The van der Waals surface area contributed by atoms with Crippen LogP contribution in [0.2, 0.25) is 0 Å². The maximum absolute atomic E-state index is 5.73. The summed E-state index contributed by atoms with van der Waals surface area (Å²) in [7, 11) is 1.77. The minimum absolute atomic E-state index is 0.467. The van der Waals surface area contributed by atoms with E-state index in [1.54, 1.807) is 7.11 Å². The first-order valence-electron chi connectivity index (χ1n) is 7.19. The molecule has 5 atom stereocenters. The number of ether oxygens (including phenoxy) is 1. The van der Waals surface area contributed by atoms with Gasteiger partial charge >= 0.3 is 0 Å². The molecule has 2 rings (SSSR count). The number of methoxy groups -OCH3 is 1. The van der Waals surface area contributed by atoms with Gasteiger partial charge < -0.3 is 4.74 Å². The molecule has 0 saturated heterocycles. The maximum Gasteiger partial charge on any atom is 0.0465 e. The molecule has 3 nitrogen and oxygen atoms in total. The molecule has 2 aliphatic carbocycles. The van der Waals surface area contributed by atoms with Crippen LogP contribution in [0.1, 0.15) is 45.4 Å². The van der Waals surface area contributed by atoms with Gasteiger partial charge in [-0.15, -0.1) is 0 Å². The van der Waals surface area contributed by atoms with Crippen molar-refractivity contribution in [1.29, 1.82) is 0 Å². The van der Waals surface area contributed by atoms with Gasteiger partial charge in [-0.25, -0.2) is 0 Å². The molecule has 100 valence electrons. The Morgan fingerprint density at radius 2 is 2.18 bits per heavy atom. The fourth-order valence-electron chi connectivity index (χ4n) is 3.96. The fourth-order valence-corrected chi connectivity index (χ4v) is 3.96. The van der Waals surface area contributed by atoms with E-state index in [1.807, 2.05) is 0 Å². The highest BCUT2D eigenvalue weighted by molar-refractivity contribution is 4.92. The van der Waals surface area contributed by atoms with E-state index in [2.05, 4.69) is 12.3 Å². The van der Waals surface area contributed by atoms with Gasteiger partial charge in [0.2, 0.25) is 0 Å². The Kier molecular flexibility index (Phi) is 4.83. The van der Waals surface area contributed by atoms with Crippen LogP contribution in [0.25, 0.3) is 0 Å². The van der Waals surface area contributed by atoms with E-state index in [-0.39, 0.29) is 0 Å². The number of hydrogen-bond donors (Lipinski definition) is 2. The first kappa shape index (κ1) is 13.3. The van der Waals surface area contributed by atoms with E-state index < -0.39 is 0 Å². The molecule has 5 unspecified atom stereocenters. The number of hydrazine groups is 1. The van der Waals surface area contributed by atoms with Crippen molar-refractivity contribution in [2.24, 2.45) is 29.5 Å². The Morgan fingerprint density at radius 3 is 2.71 bits per heavy atom. The molecule has 0 heterocycles. The van der Waals surface area contributed by atoms with Crippen molar-refractivity contribution in [2.45, 2.75) is 51.5 Å². The third-order valence-corrected chi connectivity index (χ3v) is 5.12. The van der Waals surface area contributed by atoms with Gasteiger partial charge in [0.25, 0.3) is 0 Å². The van der Waals surface area contributed by atoms with Gasteiger partial charge in [-0.3, -0.25) is 11.3 Å². The molecular weight excluding hydrogens is 212 g/mol. The molecule has 0 aromatic heterocycles. The largest absolute Gasteiger partial charge is 0.385 e. The second kappa shape index (κ2) is 6.17. The summed E-state index contributed by atoms with van der Waals surface area (Å²) in [5.74, 6) is 9.32. The SMILES string of the molecule is COCCC(C)C(CC1CC2CCC1C2)NN. The number of nitrogens with one attached hydrogen (secondary N) is 1. The Balaban J connectivity index is 1.78. The zero-order chi connectivity index (χ0) is 12.3. The summed E-state index contributed by atoms with van der Waals surface area (Å²) in [6.45, 7) is 3.13. The highest BCUT2D eigenvalue weighted by Crippen LogP contribution is 2.50. The van der Waals surface area contributed by atoms with E-state index >= 15 is 0 Å². The van der Waals surface area contributed by atoms with E-state index in [9.17, 15) is 0 Å². The van der Waals surface area contributed by atoms with Gasteiger partial charge in [0.05, 0.1) is 0 Å². The summed E-state index contributed by atoms with van der Waals surface area (Å²) >= 11 is 0. The Morgan fingerprint density at radius 1 is 1.35 bits per heavy atom. The van der Waals surface area contributed by atoms with E-state index in [4.69, 9.17) is 10.6 Å². The Labute approximate surface area is 105 Å². The van der Waals surface area contributed by atoms with Crippen LogP contribution in [0.3, 0.4) is 0 Å². The predicted octanol–water partition coefficient (Wildman–Crippen LogP) is 2.32. The molecule has 0 aromatic rings. The minimum atomic E-state index is 0.467. The lowest BCUT2D eigenvalue weighted by molar-refractivity contribution is 0.160. The first-order valence-corrected chi connectivity index (χ1v) is 7.19. The van der Waals surface area contributed by atoms with Gasteiger partial charge in [0.1, 0.15) is 0 Å². The van der Waals surface area contributed by atoms with Crippen molar-refractivity contribution in [3.05, 3.63) is 0 Å². The molecule has 0 aromatic carbocycles. The predicted molar refractivity (Wildman–Crippen MR) is 70.3 cm³/mol. The molecule has 0 radical (unpaired) electrons. The second-order valence-electron chi connectivity index (χ2n) is 6.20. The average Bonchev–Trinajstić information content (AvgIpc) is 2.94. The molecular formula is C14H28N2O. The van der Waals surface area contributed by atoms with Crippen molar-refractivity contribution in [1.82, 2.24) is 5.43 Å². The third kappa shape index (κ3) is 3.21. The van der Waals surface area contributed by atoms with Crippen molar-refractivity contribution in [2.75, 3.05) is 13.7 Å². The molecule has 3 heteroatoms. The van der Waals surface area contributed by atoms with Crippen LogP contribution in [0, 0.1) is 23.7 Å².